The molecule has 1 aromatic carbocycles. The average molecular weight is 450 g/mol. The van der Waals surface area contributed by atoms with Gasteiger partial charge in [0.1, 0.15) is 6.10 Å². The molecule has 0 aliphatic carbocycles. The van der Waals surface area contributed by atoms with Crippen molar-refractivity contribution in [2.75, 3.05) is 38.4 Å². The number of nitrogens with one attached hydrogen (secondary N) is 2. The van der Waals surface area contributed by atoms with Crippen LogP contribution in [0.1, 0.15) is 32.6 Å². The van der Waals surface area contributed by atoms with E-state index in [1.165, 1.54) is 0 Å². The quantitative estimate of drug-likeness (QED) is 0.623. The van der Waals surface area contributed by atoms with Gasteiger partial charge in [0, 0.05) is 18.3 Å². The van der Waals surface area contributed by atoms with Crippen molar-refractivity contribution in [1.82, 2.24) is 10.2 Å². The molecule has 10 heteroatoms. The van der Waals surface area contributed by atoms with Gasteiger partial charge < -0.3 is 39.6 Å². The fourth-order valence-corrected chi connectivity index (χ4v) is 4.29. The van der Waals surface area contributed by atoms with Gasteiger partial charge in [0.2, 0.25) is 12.7 Å². The average Bonchev–Trinajstić information content (AvgIpc) is 3.23. The van der Waals surface area contributed by atoms with E-state index in [0.29, 0.717) is 36.6 Å². The molecule has 3 N–H and O–H groups in total. The number of anilines is 1. The first-order chi connectivity index (χ1) is 15.5. The standard InChI is InChI=1S/C22H31N3O7/c1-2-7-23-21(27)9-16-4-5-17-20(32-16)12-29-11-15(26)10-25(17)22(28)24-14-3-6-18-19(8-14)31-13-30-18/h3,6,8,15-17,20,26H,2,4-5,7,9-13H2,1H3,(H,23,27)(H,24,28)/t15-,16-,17-,20+/m0/s1. The van der Waals surface area contributed by atoms with Gasteiger partial charge in [0.05, 0.1) is 44.4 Å². The van der Waals surface area contributed by atoms with Crippen molar-refractivity contribution in [3.05, 3.63) is 18.2 Å². The number of rotatable bonds is 5. The number of urea groups is 1. The summed E-state index contributed by atoms with van der Waals surface area (Å²) < 4.78 is 22.5. The van der Waals surface area contributed by atoms with Gasteiger partial charge in [-0.05, 0) is 31.4 Å². The Bertz CT molecular complexity index is 821. The summed E-state index contributed by atoms with van der Waals surface area (Å²) in [5.74, 6) is 1.18. The van der Waals surface area contributed by atoms with Crippen molar-refractivity contribution in [3.63, 3.8) is 0 Å². The Labute approximate surface area is 187 Å². The molecule has 4 atom stereocenters. The van der Waals surface area contributed by atoms with Crippen molar-refractivity contribution in [3.8, 4) is 11.5 Å². The highest BCUT2D eigenvalue weighted by Gasteiger charge is 2.40. The predicted molar refractivity (Wildman–Crippen MR) is 115 cm³/mol. The molecule has 2 fully saturated rings. The van der Waals surface area contributed by atoms with Gasteiger partial charge in [-0.15, -0.1) is 0 Å². The molecule has 10 nitrogen and oxygen atoms in total. The van der Waals surface area contributed by atoms with E-state index in [2.05, 4.69) is 10.6 Å². The number of fused-ring (bicyclic) bond motifs is 2. The second-order valence-corrected chi connectivity index (χ2v) is 8.34. The number of amides is 3. The Balaban J connectivity index is 1.42. The van der Waals surface area contributed by atoms with Crippen LogP contribution in [-0.2, 0) is 14.3 Å². The maximum atomic E-state index is 13.2. The number of carbonyl (C=O) groups excluding carboxylic acids is 2. The Kier molecular flexibility index (Phi) is 7.33. The van der Waals surface area contributed by atoms with Crippen LogP contribution in [-0.4, -0.2) is 79.4 Å². The Morgan fingerprint density at radius 2 is 2.03 bits per heavy atom. The van der Waals surface area contributed by atoms with Crippen LogP contribution in [0.15, 0.2) is 18.2 Å². The van der Waals surface area contributed by atoms with Crippen LogP contribution in [0.2, 0.25) is 0 Å². The maximum absolute atomic E-state index is 13.2. The fourth-order valence-electron chi connectivity index (χ4n) is 4.29. The van der Waals surface area contributed by atoms with Crippen molar-refractivity contribution in [2.45, 2.75) is 57.0 Å². The number of hydrogen-bond donors (Lipinski definition) is 3. The molecule has 0 saturated carbocycles. The lowest BCUT2D eigenvalue weighted by molar-refractivity contribution is -0.149. The normalized spacial score (nSPS) is 27.1. The lowest BCUT2D eigenvalue weighted by Gasteiger charge is -2.44. The zero-order valence-electron chi connectivity index (χ0n) is 18.2. The summed E-state index contributed by atoms with van der Waals surface area (Å²) in [6.07, 6.45) is 1.07. The second-order valence-electron chi connectivity index (χ2n) is 8.34. The van der Waals surface area contributed by atoms with E-state index in [9.17, 15) is 14.7 Å². The van der Waals surface area contributed by atoms with Crippen LogP contribution in [0.5, 0.6) is 11.5 Å². The molecule has 4 rings (SSSR count). The van der Waals surface area contributed by atoms with Gasteiger partial charge in [0.25, 0.3) is 0 Å². The number of ether oxygens (including phenoxy) is 4. The van der Waals surface area contributed by atoms with E-state index in [-0.39, 0.29) is 63.2 Å². The molecule has 1 aromatic rings. The molecule has 0 radical (unpaired) electrons. The molecule has 32 heavy (non-hydrogen) atoms. The van der Waals surface area contributed by atoms with Gasteiger partial charge in [-0.25, -0.2) is 4.79 Å². The molecule has 2 saturated heterocycles. The minimum absolute atomic E-state index is 0.0325. The number of β-amino-alcohol motifs (C(OH)–C–C–N with tert-alkyl or cyclic N) is 1. The molecule has 3 heterocycles. The third kappa shape index (κ3) is 5.43. The molecule has 0 unspecified atom stereocenters. The third-order valence-electron chi connectivity index (χ3n) is 5.85. The second kappa shape index (κ2) is 10.4. The number of nitrogens with zero attached hydrogens (tertiary/aromatic N) is 1. The number of hydrogen-bond acceptors (Lipinski definition) is 7. The van der Waals surface area contributed by atoms with E-state index >= 15 is 0 Å². The van der Waals surface area contributed by atoms with E-state index in [4.69, 9.17) is 18.9 Å². The van der Waals surface area contributed by atoms with Crippen LogP contribution in [0.3, 0.4) is 0 Å². The van der Waals surface area contributed by atoms with Crippen LogP contribution in [0.4, 0.5) is 10.5 Å². The van der Waals surface area contributed by atoms with Crippen molar-refractivity contribution in [1.29, 1.82) is 0 Å². The molecule has 3 aliphatic rings. The third-order valence-corrected chi connectivity index (χ3v) is 5.85. The topological polar surface area (TPSA) is 119 Å². The van der Waals surface area contributed by atoms with Crippen LogP contribution in [0, 0.1) is 0 Å². The summed E-state index contributed by atoms with van der Waals surface area (Å²) in [7, 11) is 0. The van der Waals surface area contributed by atoms with Gasteiger partial charge in [-0.3, -0.25) is 4.79 Å². The molecule has 0 aromatic heterocycles. The summed E-state index contributed by atoms with van der Waals surface area (Å²) in [6.45, 7) is 3.30. The highest BCUT2D eigenvalue weighted by molar-refractivity contribution is 5.90. The first-order valence-electron chi connectivity index (χ1n) is 11.2. The number of benzene rings is 1. The van der Waals surface area contributed by atoms with Crippen molar-refractivity contribution in [2.24, 2.45) is 0 Å². The fraction of sp³-hybridized carbons (Fsp3) is 0.636. The van der Waals surface area contributed by atoms with Crippen LogP contribution >= 0.6 is 0 Å². The smallest absolute Gasteiger partial charge is 0.322 e. The molecule has 3 aliphatic heterocycles. The Hall–Kier alpha value is -2.56. The lowest BCUT2D eigenvalue weighted by Crippen LogP contribution is -2.58. The van der Waals surface area contributed by atoms with E-state index in [1.54, 1.807) is 23.1 Å². The highest BCUT2D eigenvalue weighted by Crippen LogP contribution is 2.34. The molecule has 176 valence electrons. The molecule has 0 spiro atoms. The SMILES string of the molecule is CCCNC(=O)C[C@@H]1CC[C@H]2[C@@H](COC[C@@H](O)CN2C(=O)Nc2ccc3c(c2)OCO3)O1. The van der Waals surface area contributed by atoms with Gasteiger partial charge >= 0.3 is 6.03 Å². The monoisotopic (exact) mass is 449 g/mol. The van der Waals surface area contributed by atoms with Gasteiger partial charge in [-0.2, -0.15) is 0 Å². The summed E-state index contributed by atoms with van der Waals surface area (Å²) in [6, 6.07) is 4.60. The van der Waals surface area contributed by atoms with Gasteiger partial charge in [0.15, 0.2) is 11.5 Å². The minimum Gasteiger partial charge on any atom is -0.454 e. The Morgan fingerprint density at radius 1 is 1.19 bits per heavy atom. The number of aliphatic hydroxyl groups is 1. The lowest BCUT2D eigenvalue weighted by atomic mass is 9.95. The molecular formula is C22H31N3O7. The summed E-state index contributed by atoms with van der Waals surface area (Å²) in [4.78, 5) is 26.9. The summed E-state index contributed by atoms with van der Waals surface area (Å²) in [5.41, 5.74) is 0.575. The zero-order chi connectivity index (χ0) is 22.5. The van der Waals surface area contributed by atoms with Crippen molar-refractivity contribution >= 4 is 17.6 Å². The van der Waals surface area contributed by atoms with Crippen molar-refractivity contribution < 1.29 is 33.6 Å². The number of aliphatic hydroxyl groups excluding tert-OH is 1. The van der Waals surface area contributed by atoms with Crippen LogP contribution in [0.25, 0.3) is 0 Å². The molecule has 3 amide bonds. The first-order valence-corrected chi connectivity index (χ1v) is 11.2. The zero-order valence-corrected chi connectivity index (χ0v) is 18.2. The summed E-state index contributed by atoms with van der Waals surface area (Å²) >= 11 is 0. The van der Waals surface area contributed by atoms with E-state index in [0.717, 1.165) is 6.42 Å². The largest absolute Gasteiger partial charge is 0.454 e. The Morgan fingerprint density at radius 3 is 2.88 bits per heavy atom. The maximum Gasteiger partial charge on any atom is 0.322 e. The summed E-state index contributed by atoms with van der Waals surface area (Å²) in [5, 5.41) is 16.1. The molecule has 0 bridgehead atoms. The minimum atomic E-state index is -0.795. The van der Waals surface area contributed by atoms with E-state index in [1.807, 2.05) is 6.92 Å². The number of carbonyl (C=O) groups is 2. The first kappa shape index (κ1) is 22.6. The van der Waals surface area contributed by atoms with Crippen LogP contribution < -0.4 is 20.1 Å². The molecular weight excluding hydrogens is 418 g/mol. The predicted octanol–water partition coefficient (Wildman–Crippen LogP) is 1.47. The highest BCUT2D eigenvalue weighted by atomic mass is 16.7. The van der Waals surface area contributed by atoms with E-state index < -0.39 is 6.10 Å². The van der Waals surface area contributed by atoms with Gasteiger partial charge in [-0.1, -0.05) is 6.92 Å².